The highest BCUT2D eigenvalue weighted by atomic mass is 16.5. The first-order valence-electron chi connectivity index (χ1n) is 10.3. The lowest BCUT2D eigenvalue weighted by molar-refractivity contribution is -0.142. The summed E-state index contributed by atoms with van der Waals surface area (Å²) in [6, 6.07) is 13.1. The van der Waals surface area contributed by atoms with E-state index in [-0.39, 0.29) is 24.0 Å². The minimum atomic E-state index is -0.626. The van der Waals surface area contributed by atoms with E-state index in [4.69, 9.17) is 4.74 Å². The van der Waals surface area contributed by atoms with Crippen molar-refractivity contribution in [3.63, 3.8) is 0 Å². The third-order valence-electron chi connectivity index (χ3n) is 4.95. The van der Waals surface area contributed by atoms with Crippen LogP contribution in [0.5, 0.6) is 5.75 Å². The number of hydrogen-bond acceptors (Lipinski definition) is 3. The molecule has 30 heavy (non-hydrogen) atoms. The van der Waals surface area contributed by atoms with E-state index in [2.05, 4.69) is 5.32 Å². The first-order valence-corrected chi connectivity index (χ1v) is 10.3. The largest absolute Gasteiger partial charge is 0.483 e. The maximum Gasteiger partial charge on any atom is 0.261 e. The topological polar surface area (TPSA) is 58.6 Å². The molecule has 5 nitrogen and oxygen atoms in total. The van der Waals surface area contributed by atoms with Crippen LogP contribution in [-0.2, 0) is 16.1 Å². The molecule has 2 amide bonds. The molecule has 0 aliphatic rings. The van der Waals surface area contributed by atoms with Crippen molar-refractivity contribution in [3.8, 4) is 5.75 Å². The molecule has 1 atom stereocenters. The van der Waals surface area contributed by atoms with Crippen molar-refractivity contribution in [1.29, 1.82) is 0 Å². The Labute approximate surface area is 180 Å². The van der Waals surface area contributed by atoms with Gasteiger partial charge in [-0.25, -0.2) is 0 Å². The molecular formula is C25H34N2O3. The maximum absolute atomic E-state index is 13.1. The van der Waals surface area contributed by atoms with Crippen LogP contribution in [0.25, 0.3) is 0 Å². The van der Waals surface area contributed by atoms with E-state index in [9.17, 15) is 9.59 Å². The van der Waals surface area contributed by atoms with Gasteiger partial charge in [0.2, 0.25) is 5.91 Å². The SMILES string of the molecule is Cc1ccc(OCC(=O)N(Cc2ccccc2C)C(C)C(=O)NC(C)(C)C)c(C)c1. The first kappa shape index (κ1) is 23.5. The summed E-state index contributed by atoms with van der Waals surface area (Å²) in [5, 5.41) is 2.97. The zero-order valence-corrected chi connectivity index (χ0v) is 19.2. The number of ether oxygens (including phenoxy) is 1. The lowest BCUT2D eigenvalue weighted by atomic mass is 10.1. The number of benzene rings is 2. The molecule has 1 unspecified atom stereocenters. The standard InChI is InChI=1S/C25H34N2O3/c1-17-12-13-22(19(3)14-17)30-16-23(28)27(15-21-11-9-8-10-18(21)2)20(4)24(29)26-25(5,6)7/h8-14,20H,15-16H2,1-7H3,(H,26,29). The minimum Gasteiger partial charge on any atom is -0.483 e. The van der Waals surface area contributed by atoms with Crippen molar-refractivity contribution in [2.24, 2.45) is 0 Å². The van der Waals surface area contributed by atoms with Crippen LogP contribution in [0.1, 0.15) is 49.9 Å². The lowest BCUT2D eigenvalue weighted by Gasteiger charge is -2.31. The average Bonchev–Trinajstić information content (AvgIpc) is 2.64. The molecule has 0 spiro atoms. The highest BCUT2D eigenvalue weighted by Crippen LogP contribution is 2.20. The fraction of sp³-hybridized carbons (Fsp3) is 0.440. The molecule has 0 saturated carbocycles. The van der Waals surface area contributed by atoms with Crippen molar-refractivity contribution in [3.05, 3.63) is 64.7 Å². The molecule has 0 aromatic heterocycles. The van der Waals surface area contributed by atoms with E-state index < -0.39 is 6.04 Å². The zero-order chi connectivity index (χ0) is 22.5. The molecule has 162 valence electrons. The lowest BCUT2D eigenvalue weighted by Crippen LogP contribution is -2.53. The third kappa shape index (κ3) is 6.61. The molecule has 0 aliphatic carbocycles. The van der Waals surface area contributed by atoms with Gasteiger partial charge < -0.3 is 15.0 Å². The van der Waals surface area contributed by atoms with Crippen LogP contribution in [-0.4, -0.2) is 34.9 Å². The number of nitrogens with zero attached hydrogens (tertiary/aromatic N) is 1. The Morgan fingerprint density at radius 3 is 2.30 bits per heavy atom. The molecule has 2 aromatic rings. The smallest absolute Gasteiger partial charge is 0.261 e. The van der Waals surface area contributed by atoms with Crippen molar-refractivity contribution in [1.82, 2.24) is 10.2 Å². The van der Waals surface area contributed by atoms with Gasteiger partial charge in [0.15, 0.2) is 6.61 Å². The number of carbonyl (C=O) groups excluding carboxylic acids is 2. The van der Waals surface area contributed by atoms with Crippen LogP contribution in [0.2, 0.25) is 0 Å². The minimum absolute atomic E-state index is 0.122. The summed E-state index contributed by atoms with van der Waals surface area (Å²) in [7, 11) is 0. The maximum atomic E-state index is 13.1. The number of hydrogen-bond donors (Lipinski definition) is 1. The summed E-state index contributed by atoms with van der Waals surface area (Å²) >= 11 is 0. The van der Waals surface area contributed by atoms with E-state index in [1.807, 2.05) is 84.0 Å². The summed E-state index contributed by atoms with van der Waals surface area (Å²) in [6.45, 7) is 13.7. The average molecular weight is 411 g/mol. The predicted octanol–water partition coefficient (Wildman–Crippen LogP) is 4.32. The Kier molecular flexibility index (Phi) is 7.65. The summed E-state index contributed by atoms with van der Waals surface area (Å²) in [6.07, 6.45) is 0. The molecule has 0 fully saturated rings. The van der Waals surface area contributed by atoms with Gasteiger partial charge in [-0.05, 0) is 71.2 Å². The van der Waals surface area contributed by atoms with Crippen LogP contribution in [0.15, 0.2) is 42.5 Å². The van der Waals surface area contributed by atoms with Gasteiger partial charge in [-0.3, -0.25) is 9.59 Å². The van der Waals surface area contributed by atoms with Gasteiger partial charge in [0.1, 0.15) is 11.8 Å². The number of aryl methyl sites for hydroxylation is 3. The molecule has 5 heteroatoms. The summed E-state index contributed by atoms with van der Waals surface area (Å²) in [4.78, 5) is 27.5. The zero-order valence-electron chi connectivity index (χ0n) is 19.2. The molecular weight excluding hydrogens is 376 g/mol. The fourth-order valence-electron chi connectivity index (χ4n) is 3.21. The second-order valence-corrected chi connectivity index (χ2v) is 8.92. The highest BCUT2D eigenvalue weighted by Gasteiger charge is 2.29. The van der Waals surface area contributed by atoms with Crippen molar-refractivity contribution < 1.29 is 14.3 Å². The van der Waals surface area contributed by atoms with Gasteiger partial charge in [0.25, 0.3) is 5.91 Å². The molecule has 2 aromatic carbocycles. The van der Waals surface area contributed by atoms with Crippen LogP contribution in [0.3, 0.4) is 0 Å². The van der Waals surface area contributed by atoms with E-state index in [0.29, 0.717) is 12.3 Å². The van der Waals surface area contributed by atoms with Gasteiger partial charge in [0, 0.05) is 12.1 Å². The summed E-state index contributed by atoms with van der Waals surface area (Å²) in [5.74, 6) is 0.266. The summed E-state index contributed by atoms with van der Waals surface area (Å²) in [5.41, 5.74) is 3.83. The number of rotatable bonds is 7. The fourth-order valence-corrected chi connectivity index (χ4v) is 3.21. The summed E-state index contributed by atoms with van der Waals surface area (Å²) < 4.78 is 5.81. The van der Waals surface area contributed by atoms with Gasteiger partial charge >= 0.3 is 0 Å². The normalized spacial score (nSPS) is 12.2. The highest BCUT2D eigenvalue weighted by molar-refractivity contribution is 5.88. The molecule has 1 N–H and O–H groups in total. The van der Waals surface area contributed by atoms with E-state index in [1.54, 1.807) is 11.8 Å². The third-order valence-corrected chi connectivity index (χ3v) is 4.95. The van der Waals surface area contributed by atoms with Crippen LogP contribution >= 0.6 is 0 Å². The quantitative estimate of drug-likeness (QED) is 0.739. The van der Waals surface area contributed by atoms with Crippen LogP contribution < -0.4 is 10.1 Å². The molecule has 0 heterocycles. The van der Waals surface area contributed by atoms with Gasteiger partial charge in [-0.15, -0.1) is 0 Å². The van der Waals surface area contributed by atoms with Crippen molar-refractivity contribution in [2.75, 3.05) is 6.61 Å². The van der Waals surface area contributed by atoms with E-state index in [0.717, 1.165) is 22.3 Å². The van der Waals surface area contributed by atoms with E-state index >= 15 is 0 Å². The van der Waals surface area contributed by atoms with Crippen molar-refractivity contribution in [2.45, 2.75) is 66.6 Å². The Hall–Kier alpha value is -2.82. The first-order chi connectivity index (χ1) is 14.0. The molecule has 2 rings (SSSR count). The Bertz CT molecular complexity index is 900. The number of amides is 2. The second-order valence-electron chi connectivity index (χ2n) is 8.92. The molecule has 0 saturated heterocycles. The van der Waals surface area contributed by atoms with Crippen LogP contribution in [0, 0.1) is 20.8 Å². The molecule has 0 aliphatic heterocycles. The Balaban J connectivity index is 2.21. The molecule has 0 radical (unpaired) electrons. The van der Waals surface area contributed by atoms with Gasteiger partial charge in [-0.2, -0.15) is 0 Å². The predicted molar refractivity (Wildman–Crippen MR) is 120 cm³/mol. The van der Waals surface area contributed by atoms with E-state index in [1.165, 1.54) is 0 Å². The Morgan fingerprint density at radius 2 is 1.70 bits per heavy atom. The number of carbonyl (C=O) groups is 2. The van der Waals surface area contributed by atoms with Gasteiger partial charge in [0.05, 0.1) is 0 Å². The monoisotopic (exact) mass is 410 g/mol. The van der Waals surface area contributed by atoms with Crippen molar-refractivity contribution >= 4 is 11.8 Å². The molecule has 0 bridgehead atoms. The Morgan fingerprint density at radius 1 is 1.03 bits per heavy atom. The van der Waals surface area contributed by atoms with Gasteiger partial charge in [-0.1, -0.05) is 42.0 Å². The van der Waals surface area contributed by atoms with Crippen LogP contribution in [0.4, 0.5) is 0 Å². The number of nitrogens with one attached hydrogen (secondary N) is 1. The second kappa shape index (κ2) is 9.79.